The van der Waals surface area contributed by atoms with Crippen molar-refractivity contribution in [1.29, 1.82) is 0 Å². The molecule has 0 bridgehead atoms. The van der Waals surface area contributed by atoms with Crippen LogP contribution in [-0.2, 0) is 9.90 Å². The average molecular weight is 101 g/mol. The van der Waals surface area contributed by atoms with Crippen molar-refractivity contribution in [3.8, 4) is 0 Å². The normalized spacial score (nSPS) is 7.57. The smallest absolute Gasteiger partial charge is 0.263 e. The zero-order valence-corrected chi connectivity index (χ0v) is 3.67. The standard InChI is InChI=1S/C3H3NO3/c1-4(2-5)3(6)7/h1H3. The Bertz CT molecular complexity index is 90.2. The summed E-state index contributed by atoms with van der Waals surface area (Å²) >= 11 is 0. The van der Waals surface area contributed by atoms with E-state index in [1.165, 1.54) is 0 Å². The van der Waals surface area contributed by atoms with Crippen LogP contribution >= 0.6 is 0 Å². The number of carbonyl (C=O) groups is 1. The Morgan fingerprint density at radius 1 is 1.71 bits per heavy atom. The molecule has 0 fully saturated rings. The molecule has 0 aromatic carbocycles. The number of amides is 2. The third kappa shape index (κ3) is 1.75. The number of hydrogen-bond donors (Lipinski definition) is 0. The van der Waals surface area contributed by atoms with Crippen molar-refractivity contribution in [2.45, 2.75) is 0 Å². The van der Waals surface area contributed by atoms with Gasteiger partial charge in [0.25, 0.3) is 0 Å². The Kier molecular flexibility index (Phi) is 1.84. The van der Waals surface area contributed by atoms with Gasteiger partial charge in [-0.15, -0.1) is 0 Å². The fourth-order valence-electron chi connectivity index (χ4n) is 0.0373. The molecule has 0 saturated carbocycles. The van der Waals surface area contributed by atoms with E-state index in [2.05, 4.69) is 0 Å². The van der Waals surface area contributed by atoms with Crippen LogP contribution in [0.5, 0.6) is 0 Å². The second-order valence-corrected chi connectivity index (χ2v) is 0.916. The highest BCUT2D eigenvalue weighted by Crippen LogP contribution is 1.73. The van der Waals surface area contributed by atoms with Crippen molar-refractivity contribution in [1.82, 2.24) is 4.90 Å². The Balaban J connectivity index is 3.55. The second-order valence-electron chi connectivity index (χ2n) is 0.916. The Labute approximate surface area is 40.3 Å². The predicted octanol–water partition coefficient (Wildman–Crippen LogP) is -0.464. The molecule has 38 valence electrons. The summed E-state index contributed by atoms with van der Waals surface area (Å²) in [5.41, 5.74) is 0. The molecule has 0 saturated heterocycles. The second kappa shape index (κ2) is 2.17. The lowest BCUT2D eigenvalue weighted by atomic mass is 10.9. The number of carbonyl (C=O) groups excluding carboxylic acids is 2. The molecule has 0 rings (SSSR count). The largest absolute Gasteiger partial charge is 0.459 e. The van der Waals surface area contributed by atoms with Crippen molar-refractivity contribution in [2.24, 2.45) is 0 Å². The summed E-state index contributed by atoms with van der Waals surface area (Å²) < 4.78 is 0. The van der Waals surface area contributed by atoms with E-state index >= 15 is 0 Å². The quantitative estimate of drug-likeness (QED) is 0.419. The molecule has 0 N–H and O–H groups in total. The van der Waals surface area contributed by atoms with Crippen LogP contribution in [0.1, 0.15) is 0 Å². The molecular weight excluding hydrogens is 98.0 g/mol. The lowest BCUT2D eigenvalue weighted by Gasteiger charge is -1.93. The molecule has 2 amide bonds. The van der Waals surface area contributed by atoms with Gasteiger partial charge in [-0.05, 0) is 0 Å². The van der Waals surface area contributed by atoms with Gasteiger partial charge in [0.05, 0.1) is 0 Å². The summed E-state index contributed by atoms with van der Waals surface area (Å²) in [6.45, 7) is 0. The Hall–Kier alpha value is -1.06. The molecule has 7 heavy (non-hydrogen) atoms. The van der Waals surface area contributed by atoms with E-state index in [9.17, 15) is 14.7 Å². The van der Waals surface area contributed by atoms with Crippen LogP contribution in [0.15, 0.2) is 0 Å². The SMILES string of the molecule is CN([C]=O)C([O])=O. The van der Waals surface area contributed by atoms with Gasteiger partial charge in [-0.25, -0.2) is 14.8 Å². The van der Waals surface area contributed by atoms with Gasteiger partial charge in [-0.2, -0.15) is 0 Å². The van der Waals surface area contributed by atoms with Crippen LogP contribution in [0, 0.1) is 0 Å². The van der Waals surface area contributed by atoms with E-state index in [1.807, 2.05) is 0 Å². The molecule has 0 aromatic rings. The maximum atomic E-state index is 9.48. The van der Waals surface area contributed by atoms with Crippen LogP contribution in [0.2, 0.25) is 0 Å². The van der Waals surface area contributed by atoms with Gasteiger partial charge < -0.3 is 0 Å². The molecule has 0 aliphatic carbocycles. The molecule has 0 aliphatic rings. The molecule has 0 unspecified atom stereocenters. The summed E-state index contributed by atoms with van der Waals surface area (Å²) in [4.78, 5) is 19.1. The van der Waals surface area contributed by atoms with Gasteiger partial charge >= 0.3 is 12.5 Å². The number of rotatable bonds is 1. The fourth-order valence-corrected chi connectivity index (χ4v) is 0.0373. The maximum Gasteiger partial charge on any atom is 0.459 e. The first-order valence-corrected chi connectivity index (χ1v) is 1.51. The first-order chi connectivity index (χ1) is 3.18. The number of nitrogens with zero attached hydrogens (tertiary/aromatic N) is 1. The van der Waals surface area contributed by atoms with Gasteiger partial charge in [0.1, 0.15) is 0 Å². The highest BCUT2D eigenvalue weighted by atomic mass is 16.4. The van der Waals surface area contributed by atoms with Crippen molar-refractivity contribution in [3.63, 3.8) is 0 Å². The highest BCUT2D eigenvalue weighted by Gasteiger charge is 2.03. The summed E-state index contributed by atoms with van der Waals surface area (Å²) in [5, 5.41) is 9.48. The fraction of sp³-hybridized carbons (Fsp3) is 0.333. The molecule has 0 spiro atoms. The third-order valence-electron chi connectivity index (χ3n) is 0.411. The minimum atomic E-state index is -1.55. The molecule has 2 radical (unpaired) electrons. The molecule has 4 nitrogen and oxygen atoms in total. The summed E-state index contributed by atoms with van der Waals surface area (Å²) in [5.74, 6) is 0. The Morgan fingerprint density at radius 2 is 2.14 bits per heavy atom. The average Bonchev–Trinajstić information content (AvgIpc) is 1.65. The van der Waals surface area contributed by atoms with Gasteiger partial charge in [0.15, 0.2) is 0 Å². The molecule has 0 aromatic heterocycles. The van der Waals surface area contributed by atoms with Crippen LogP contribution in [0.3, 0.4) is 0 Å². The van der Waals surface area contributed by atoms with Crippen LogP contribution in [-0.4, -0.2) is 24.5 Å². The number of hydrogen-bond acceptors (Lipinski definition) is 2. The van der Waals surface area contributed by atoms with Crippen LogP contribution < -0.4 is 0 Å². The summed E-state index contributed by atoms with van der Waals surface area (Å²) in [6.07, 6.45) is -0.461. The molecule has 0 atom stereocenters. The van der Waals surface area contributed by atoms with E-state index in [0.717, 1.165) is 13.5 Å². The summed E-state index contributed by atoms with van der Waals surface area (Å²) in [7, 11) is 1.04. The van der Waals surface area contributed by atoms with E-state index in [1.54, 1.807) is 0 Å². The third-order valence-corrected chi connectivity index (χ3v) is 0.411. The van der Waals surface area contributed by atoms with Gasteiger partial charge in [0, 0.05) is 7.05 Å². The zero-order chi connectivity index (χ0) is 5.86. The summed E-state index contributed by atoms with van der Waals surface area (Å²) in [6, 6.07) is 0. The molecule has 0 heterocycles. The first kappa shape index (κ1) is 5.94. The van der Waals surface area contributed by atoms with Gasteiger partial charge in [-0.1, -0.05) is 0 Å². The van der Waals surface area contributed by atoms with Crippen molar-refractivity contribution >= 4 is 12.5 Å². The van der Waals surface area contributed by atoms with E-state index < -0.39 is 6.09 Å². The predicted molar refractivity (Wildman–Crippen MR) is 19.5 cm³/mol. The topological polar surface area (TPSA) is 57.3 Å². The zero-order valence-electron chi connectivity index (χ0n) is 3.67. The van der Waals surface area contributed by atoms with Crippen molar-refractivity contribution in [3.05, 3.63) is 0 Å². The lowest BCUT2D eigenvalue weighted by molar-refractivity contribution is 0.148. The van der Waals surface area contributed by atoms with Crippen LogP contribution in [0.25, 0.3) is 0 Å². The molecule has 0 aliphatic heterocycles. The van der Waals surface area contributed by atoms with E-state index in [-0.39, 0.29) is 0 Å². The first-order valence-electron chi connectivity index (χ1n) is 1.51. The highest BCUT2D eigenvalue weighted by molar-refractivity contribution is 5.77. The minimum absolute atomic E-state index is 0.292. The van der Waals surface area contributed by atoms with E-state index in [4.69, 9.17) is 0 Å². The Morgan fingerprint density at radius 3 is 2.14 bits per heavy atom. The molecule has 4 heteroatoms. The van der Waals surface area contributed by atoms with Gasteiger partial charge in [-0.3, -0.25) is 4.79 Å². The van der Waals surface area contributed by atoms with E-state index in [0.29, 0.717) is 4.90 Å². The maximum absolute atomic E-state index is 9.48. The number of imide groups is 1. The van der Waals surface area contributed by atoms with Crippen molar-refractivity contribution in [2.75, 3.05) is 7.05 Å². The van der Waals surface area contributed by atoms with Gasteiger partial charge in [0.2, 0.25) is 0 Å². The molecular formula is C3H3NO3. The van der Waals surface area contributed by atoms with Crippen LogP contribution in [0.4, 0.5) is 4.79 Å². The minimum Gasteiger partial charge on any atom is -0.263 e. The monoisotopic (exact) mass is 101 g/mol. The van der Waals surface area contributed by atoms with Crippen molar-refractivity contribution < 1.29 is 14.7 Å². The lowest BCUT2D eigenvalue weighted by Crippen LogP contribution is -2.20.